The number of isothiocyanates is 2. The van der Waals surface area contributed by atoms with Gasteiger partial charge in [0.05, 0.1) is 21.7 Å². The van der Waals surface area contributed by atoms with Gasteiger partial charge in [0.15, 0.2) is 0 Å². The number of amides is 1. The first-order valence-electron chi connectivity index (χ1n) is 5.90. The van der Waals surface area contributed by atoms with Gasteiger partial charge in [-0.3, -0.25) is 4.79 Å². The van der Waals surface area contributed by atoms with Gasteiger partial charge in [0.25, 0.3) is 5.91 Å². The zero-order valence-corrected chi connectivity index (χ0v) is 12.4. The summed E-state index contributed by atoms with van der Waals surface area (Å²) in [4.78, 5) is 19.7. The number of hydrogen-bond acceptors (Lipinski definition) is 5. The Bertz CT molecular complexity index is 741. The van der Waals surface area contributed by atoms with Gasteiger partial charge >= 0.3 is 0 Å². The molecule has 0 aliphatic heterocycles. The summed E-state index contributed by atoms with van der Waals surface area (Å²) in [5.41, 5.74) is 2.54. The van der Waals surface area contributed by atoms with Crippen LogP contribution >= 0.6 is 24.4 Å². The number of thiocarbonyl (C=S) groups is 2. The fourth-order valence-corrected chi connectivity index (χ4v) is 1.83. The van der Waals surface area contributed by atoms with Gasteiger partial charge in [0.2, 0.25) is 0 Å². The Hall–Kier alpha value is -2.49. The topological polar surface area (TPSA) is 53.8 Å². The van der Waals surface area contributed by atoms with E-state index in [9.17, 15) is 4.79 Å². The van der Waals surface area contributed by atoms with Crippen molar-refractivity contribution < 1.29 is 4.79 Å². The van der Waals surface area contributed by atoms with Gasteiger partial charge in [-0.1, -0.05) is 0 Å². The molecule has 2 aromatic carbocycles. The van der Waals surface area contributed by atoms with Gasteiger partial charge in [0.1, 0.15) is 0 Å². The van der Waals surface area contributed by atoms with Crippen LogP contribution in [0.1, 0.15) is 10.4 Å². The number of hydrogen-bond donors (Lipinski definition) is 1. The molecule has 0 radical (unpaired) electrons. The number of nitrogens with zero attached hydrogens (tertiary/aromatic N) is 2. The molecule has 0 saturated carbocycles. The van der Waals surface area contributed by atoms with Crippen LogP contribution in [-0.2, 0) is 0 Å². The maximum absolute atomic E-state index is 12.1. The maximum atomic E-state index is 12.1. The average molecular weight is 311 g/mol. The van der Waals surface area contributed by atoms with Crippen LogP contribution in [0.4, 0.5) is 17.1 Å². The number of carbonyl (C=O) groups is 1. The van der Waals surface area contributed by atoms with Crippen molar-refractivity contribution >= 4 is 57.7 Å². The lowest BCUT2D eigenvalue weighted by molar-refractivity contribution is 0.102. The van der Waals surface area contributed by atoms with E-state index in [2.05, 4.69) is 50.1 Å². The van der Waals surface area contributed by atoms with Crippen molar-refractivity contribution in [1.29, 1.82) is 0 Å². The first-order valence-corrected chi connectivity index (χ1v) is 6.72. The third kappa shape index (κ3) is 4.24. The Morgan fingerprint density at radius 3 is 1.81 bits per heavy atom. The van der Waals surface area contributed by atoms with Crippen LogP contribution in [0.3, 0.4) is 0 Å². The molecule has 6 heteroatoms. The molecule has 0 saturated heterocycles. The average Bonchev–Trinajstić information content (AvgIpc) is 2.50. The zero-order valence-electron chi connectivity index (χ0n) is 10.7. The highest BCUT2D eigenvalue weighted by Gasteiger charge is 2.05. The van der Waals surface area contributed by atoms with Crippen LogP contribution in [0.15, 0.2) is 58.5 Å². The lowest BCUT2D eigenvalue weighted by atomic mass is 10.2. The lowest BCUT2D eigenvalue weighted by Gasteiger charge is -2.05. The summed E-state index contributed by atoms with van der Waals surface area (Å²) in [6, 6.07) is 13.7. The highest BCUT2D eigenvalue weighted by atomic mass is 32.1. The third-order valence-corrected chi connectivity index (χ3v) is 2.79. The summed E-state index contributed by atoms with van der Waals surface area (Å²) in [7, 11) is 0. The Kier molecular flexibility index (Phi) is 5.21. The summed E-state index contributed by atoms with van der Waals surface area (Å²) in [5, 5.41) is 7.34. The van der Waals surface area contributed by atoms with Gasteiger partial charge in [-0.05, 0) is 73.0 Å². The van der Waals surface area contributed by atoms with Crippen molar-refractivity contribution in [2.45, 2.75) is 0 Å². The van der Waals surface area contributed by atoms with E-state index in [0.29, 0.717) is 22.6 Å². The highest BCUT2D eigenvalue weighted by Crippen LogP contribution is 2.17. The third-order valence-electron chi connectivity index (χ3n) is 2.60. The summed E-state index contributed by atoms with van der Waals surface area (Å²) < 4.78 is 0. The second kappa shape index (κ2) is 7.33. The molecule has 1 N–H and O–H groups in total. The molecule has 2 rings (SSSR count). The van der Waals surface area contributed by atoms with E-state index < -0.39 is 0 Å². The molecule has 0 atom stereocenters. The summed E-state index contributed by atoms with van der Waals surface area (Å²) in [6.07, 6.45) is 0. The van der Waals surface area contributed by atoms with Gasteiger partial charge < -0.3 is 5.32 Å². The largest absolute Gasteiger partial charge is 0.322 e. The number of rotatable bonds is 4. The number of carbonyl (C=O) groups excluding carboxylic acids is 1. The molecule has 0 heterocycles. The highest BCUT2D eigenvalue weighted by molar-refractivity contribution is 7.78. The number of aliphatic imine (C=N–C) groups is 2. The van der Waals surface area contributed by atoms with Crippen LogP contribution in [-0.4, -0.2) is 16.2 Å². The molecule has 4 nitrogen and oxygen atoms in total. The summed E-state index contributed by atoms with van der Waals surface area (Å²) in [6.45, 7) is 0. The maximum Gasteiger partial charge on any atom is 0.255 e. The monoisotopic (exact) mass is 311 g/mol. The first kappa shape index (κ1) is 14.9. The fourth-order valence-electron chi connectivity index (χ4n) is 1.62. The zero-order chi connectivity index (χ0) is 15.1. The molecule has 0 unspecified atom stereocenters. The molecule has 102 valence electrons. The van der Waals surface area contributed by atoms with Crippen LogP contribution in [0.2, 0.25) is 0 Å². The van der Waals surface area contributed by atoms with Crippen molar-refractivity contribution in [3.63, 3.8) is 0 Å². The van der Waals surface area contributed by atoms with E-state index >= 15 is 0 Å². The van der Waals surface area contributed by atoms with E-state index in [0.717, 1.165) is 0 Å². The van der Waals surface area contributed by atoms with Crippen molar-refractivity contribution in [2.24, 2.45) is 9.98 Å². The molecule has 2 aromatic rings. The molecule has 0 spiro atoms. The minimum atomic E-state index is -0.209. The van der Waals surface area contributed by atoms with Gasteiger partial charge in [-0.25, -0.2) is 0 Å². The van der Waals surface area contributed by atoms with Crippen LogP contribution in [0, 0.1) is 0 Å². The molecule has 21 heavy (non-hydrogen) atoms. The van der Waals surface area contributed by atoms with Crippen molar-refractivity contribution in [3.05, 3.63) is 54.1 Å². The molecule has 0 aliphatic rings. The van der Waals surface area contributed by atoms with E-state index in [1.165, 1.54) is 0 Å². The lowest BCUT2D eigenvalue weighted by Crippen LogP contribution is -2.11. The molecule has 0 bridgehead atoms. The van der Waals surface area contributed by atoms with Crippen LogP contribution < -0.4 is 5.32 Å². The number of benzene rings is 2. The number of nitrogens with one attached hydrogen (secondary N) is 1. The quantitative estimate of drug-likeness (QED) is 0.672. The standard InChI is InChI=1S/C15H9N3OS2/c19-15(11-1-3-12(4-2-11)16-9-20)18-14-7-5-13(6-8-14)17-10-21/h1-8H,(H,18,19). The normalized spacial score (nSPS) is 9.14. The van der Waals surface area contributed by atoms with Gasteiger partial charge in [-0.2, -0.15) is 9.98 Å². The molecule has 0 aromatic heterocycles. The van der Waals surface area contributed by atoms with Crippen LogP contribution in [0.5, 0.6) is 0 Å². The first-order chi connectivity index (χ1) is 10.2. The van der Waals surface area contributed by atoms with Crippen molar-refractivity contribution in [2.75, 3.05) is 5.32 Å². The van der Waals surface area contributed by atoms with Crippen LogP contribution in [0.25, 0.3) is 0 Å². The second-order valence-electron chi connectivity index (χ2n) is 3.95. The molecule has 0 aliphatic carbocycles. The minimum absolute atomic E-state index is 0.209. The molecular formula is C15H9N3OS2. The second-order valence-corrected chi connectivity index (χ2v) is 4.32. The molecule has 1 amide bonds. The predicted octanol–water partition coefficient (Wildman–Crippen LogP) is 4.41. The van der Waals surface area contributed by atoms with Crippen molar-refractivity contribution in [1.82, 2.24) is 0 Å². The van der Waals surface area contributed by atoms with E-state index in [1.54, 1.807) is 48.5 Å². The number of anilines is 1. The smallest absolute Gasteiger partial charge is 0.255 e. The summed E-state index contributed by atoms with van der Waals surface area (Å²) >= 11 is 9.04. The van der Waals surface area contributed by atoms with E-state index in [1.807, 2.05) is 0 Å². The van der Waals surface area contributed by atoms with Gasteiger partial charge in [-0.15, -0.1) is 0 Å². The Balaban J connectivity index is 2.09. The Morgan fingerprint density at radius 1 is 0.857 bits per heavy atom. The van der Waals surface area contributed by atoms with Crippen molar-refractivity contribution in [3.8, 4) is 0 Å². The Labute approximate surface area is 132 Å². The van der Waals surface area contributed by atoms with Gasteiger partial charge in [0, 0.05) is 11.3 Å². The van der Waals surface area contributed by atoms with E-state index in [4.69, 9.17) is 0 Å². The Morgan fingerprint density at radius 2 is 1.33 bits per heavy atom. The summed E-state index contributed by atoms with van der Waals surface area (Å²) in [5.74, 6) is -0.209. The predicted molar refractivity (Wildman–Crippen MR) is 90.2 cm³/mol. The molecular weight excluding hydrogens is 302 g/mol. The molecule has 0 fully saturated rings. The SMILES string of the molecule is O=C(Nc1ccc(N=C=S)cc1)c1ccc(N=C=S)cc1. The van der Waals surface area contributed by atoms with E-state index in [-0.39, 0.29) is 5.91 Å². The minimum Gasteiger partial charge on any atom is -0.322 e. The fraction of sp³-hybridized carbons (Fsp3) is 0.